The topological polar surface area (TPSA) is 30.5 Å². The molecule has 5 heteroatoms. The average Bonchev–Trinajstić information content (AvgIpc) is 2.68. The van der Waals surface area contributed by atoms with Gasteiger partial charge in [0.05, 0.1) is 22.3 Å². The molecule has 146 valence electrons. The number of aryl methyl sites for hydroxylation is 1. The summed E-state index contributed by atoms with van der Waals surface area (Å²) in [4.78, 5) is 0. The fourth-order valence-electron chi connectivity index (χ4n) is 2.77. The van der Waals surface area contributed by atoms with Gasteiger partial charge < -0.3 is 14.8 Å². The van der Waals surface area contributed by atoms with Crippen molar-refractivity contribution in [2.75, 3.05) is 11.9 Å². The minimum absolute atomic E-state index is 0.428. The molecule has 0 aliphatic heterocycles. The molecule has 3 aromatic rings. The van der Waals surface area contributed by atoms with E-state index in [1.807, 2.05) is 55.5 Å². The van der Waals surface area contributed by atoms with Gasteiger partial charge in [0.2, 0.25) is 0 Å². The SMILES string of the molecule is CCOc1cc(CNc2ccccc2Cl)cc(Cl)c1OCc1ccc(C)cc1. The van der Waals surface area contributed by atoms with Gasteiger partial charge in [-0.1, -0.05) is 65.2 Å². The second-order valence-electron chi connectivity index (χ2n) is 6.45. The van der Waals surface area contributed by atoms with Crippen LogP contribution in [0.5, 0.6) is 11.5 Å². The second-order valence-corrected chi connectivity index (χ2v) is 7.26. The Balaban J connectivity index is 1.75. The molecule has 28 heavy (non-hydrogen) atoms. The van der Waals surface area contributed by atoms with Gasteiger partial charge in [0, 0.05) is 6.54 Å². The molecule has 0 saturated heterocycles. The molecule has 0 aromatic heterocycles. The lowest BCUT2D eigenvalue weighted by atomic mass is 10.1. The van der Waals surface area contributed by atoms with Crippen molar-refractivity contribution >= 4 is 28.9 Å². The molecule has 0 amide bonds. The number of nitrogens with one attached hydrogen (secondary N) is 1. The fraction of sp³-hybridized carbons (Fsp3) is 0.217. The van der Waals surface area contributed by atoms with Crippen LogP contribution in [0.1, 0.15) is 23.6 Å². The van der Waals surface area contributed by atoms with Crippen molar-refractivity contribution in [2.24, 2.45) is 0 Å². The normalized spacial score (nSPS) is 10.6. The first kappa shape index (κ1) is 20.4. The zero-order valence-corrected chi connectivity index (χ0v) is 17.5. The highest BCUT2D eigenvalue weighted by Gasteiger charge is 2.13. The van der Waals surface area contributed by atoms with Crippen molar-refractivity contribution in [3.05, 3.63) is 87.4 Å². The van der Waals surface area contributed by atoms with Crippen molar-refractivity contribution in [2.45, 2.75) is 27.0 Å². The predicted octanol–water partition coefficient (Wildman–Crippen LogP) is 6.89. The van der Waals surface area contributed by atoms with Crippen LogP contribution in [-0.2, 0) is 13.2 Å². The summed E-state index contributed by atoms with van der Waals surface area (Å²) in [6, 6.07) is 19.7. The Labute approximate surface area is 176 Å². The lowest BCUT2D eigenvalue weighted by Gasteiger charge is -2.16. The van der Waals surface area contributed by atoms with Gasteiger partial charge in [0.15, 0.2) is 11.5 Å². The van der Waals surface area contributed by atoms with E-state index in [9.17, 15) is 0 Å². The van der Waals surface area contributed by atoms with Crippen molar-refractivity contribution in [3.8, 4) is 11.5 Å². The van der Waals surface area contributed by atoms with Crippen LogP contribution in [0, 0.1) is 6.92 Å². The number of hydrogen-bond donors (Lipinski definition) is 1. The average molecular weight is 416 g/mol. The van der Waals surface area contributed by atoms with Crippen LogP contribution in [0.25, 0.3) is 0 Å². The maximum absolute atomic E-state index is 6.52. The highest BCUT2D eigenvalue weighted by Crippen LogP contribution is 2.37. The first-order chi connectivity index (χ1) is 13.6. The smallest absolute Gasteiger partial charge is 0.180 e. The summed E-state index contributed by atoms with van der Waals surface area (Å²) in [5, 5.41) is 4.52. The minimum atomic E-state index is 0.428. The van der Waals surface area contributed by atoms with Gasteiger partial charge in [-0.2, -0.15) is 0 Å². The molecule has 0 radical (unpaired) electrons. The highest BCUT2D eigenvalue weighted by atomic mass is 35.5. The van der Waals surface area contributed by atoms with Gasteiger partial charge in [-0.15, -0.1) is 0 Å². The molecule has 0 spiro atoms. The maximum Gasteiger partial charge on any atom is 0.180 e. The molecular formula is C23H23Cl2NO2. The van der Waals surface area contributed by atoms with Gasteiger partial charge in [0.25, 0.3) is 0 Å². The van der Waals surface area contributed by atoms with E-state index in [1.165, 1.54) is 5.56 Å². The fourth-order valence-corrected chi connectivity index (χ4v) is 3.26. The van der Waals surface area contributed by atoms with Gasteiger partial charge >= 0.3 is 0 Å². The van der Waals surface area contributed by atoms with E-state index in [4.69, 9.17) is 32.7 Å². The van der Waals surface area contributed by atoms with Crippen LogP contribution < -0.4 is 14.8 Å². The largest absolute Gasteiger partial charge is 0.490 e. The molecule has 1 N–H and O–H groups in total. The van der Waals surface area contributed by atoms with Gasteiger partial charge in [-0.05, 0) is 49.2 Å². The molecule has 0 aliphatic rings. The van der Waals surface area contributed by atoms with Crippen molar-refractivity contribution in [1.29, 1.82) is 0 Å². The van der Waals surface area contributed by atoms with E-state index >= 15 is 0 Å². The number of para-hydroxylation sites is 1. The number of ether oxygens (including phenoxy) is 2. The summed E-state index contributed by atoms with van der Waals surface area (Å²) in [5.41, 5.74) is 4.15. The van der Waals surface area contributed by atoms with E-state index in [0.29, 0.717) is 41.3 Å². The molecule has 0 heterocycles. The van der Waals surface area contributed by atoms with Crippen molar-refractivity contribution in [3.63, 3.8) is 0 Å². The molecule has 3 nitrogen and oxygen atoms in total. The van der Waals surface area contributed by atoms with E-state index in [1.54, 1.807) is 0 Å². The Morgan fingerprint density at radius 2 is 1.61 bits per heavy atom. The van der Waals surface area contributed by atoms with Crippen molar-refractivity contribution in [1.82, 2.24) is 0 Å². The number of anilines is 1. The Kier molecular flexibility index (Phi) is 7.07. The first-order valence-corrected chi connectivity index (χ1v) is 9.94. The number of hydrogen-bond acceptors (Lipinski definition) is 3. The van der Waals surface area contributed by atoms with Crippen LogP contribution >= 0.6 is 23.2 Å². The van der Waals surface area contributed by atoms with E-state index < -0.39 is 0 Å². The predicted molar refractivity (Wildman–Crippen MR) is 117 cm³/mol. The highest BCUT2D eigenvalue weighted by molar-refractivity contribution is 6.33. The van der Waals surface area contributed by atoms with Crippen LogP contribution in [0.2, 0.25) is 10.0 Å². The summed E-state index contributed by atoms with van der Waals surface area (Å²) in [5.74, 6) is 1.20. The zero-order valence-electron chi connectivity index (χ0n) is 16.0. The third kappa shape index (κ3) is 5.34. The Morgan fingerprint density at radius 3 is 2.32 bits per heavy atom. The van der Waals surface area contributed by atoms with Gasteiger partial charge in [0.1, 0.15) is 6.61 Å². The molecule has 3 aromatic carbocycles. The summed E-state index contributed by atoms with van der Waals surface area (Å²) in [6.45, 7) is 5.52. The van der Waals surface area contributed by atoms with Gasteiger partial charge in [-0.3, -0.25) is 0 Å². The molecule has 0 fully saturated rings. The monoisotopic (exact) mass is 415 g/mol. The van der Waals surface area contributed by atoms with Crippen molar-refractivity contribution < 1.29 is 9.47 Å². The Hall–Kier alpha value is -2.36. The molecule has 0 saturated carbocycles. The zero-order chi connectivity index (χ0) is 19.9. The molecule has 0 aliphatic carbocycles. The molecular weight excluding hydrogens is 393 g/mol. The quantitative estimate of drug-likeness (QED) is 0.434. The van der Waals surface area contributed by atoms with E-state index in [-0.39, 0.29) is 0 Å². The van der Waals surface area contributed by atoms with Crippen LogP contribution in [0.4, 0.5) is 5.69 Å². The summed E-state index contributed by atoms with van der Waals surface area (Å²) >= 11 is 12.7. The number of benzene rings is 3. The van der Waals surface area contributed by atoms with Gasteiger partial charge in [-0.25, -0.2) is 0 Å². The summed E-state index contributed by atoms with van der Waals surface area (Å²) < 4.78 is 11.8. The standard InChI is InChI=1S/C23H23Cl2NO2/c1-3-27-22-13-18(14-26-21-7-5-4-6-19(21)24)12-20(25)23(22)28-15-17-10-8-16(2)9-11-17/h4-13,26H,3,14-15H2,1-2H3. The minimum Gasteiger partial charge on any atom is -0.490 e. The Bertz CT molecular complexity index is 926. The van der Waals surface area contributed by atoms with Crippen LogP contribution in [0.15, 0.2) is 60.7 Å². The second kappa shape index (κ2) is 9.72. The van der Waals surface area contributed by atoms with Crippen LogP contribution in [-0.4, -0.2) is 6.61 Å². The maximum atomic E-state index is 6.52. The van der Waals surface area contributed by atoms with Crippen LogP contribution in [0.3, 0.4) is 0 Å². The number of halogens is 2. The molecule has 0 unspecified atom stereocenters. The van der Waals surface area contributed by atoms with E-state index in [0.717, 1.165) is 16.8 Å². The molecule has 0 atom stereocenters. The third-order valence-electron chi connectivity index (χ3n) is 4.23. The lowest BCUT2D eigenvalue weighted by molar-refractivity contribution is 0.269. The number of rotatable bonds is 8. The third-order valence-corrected chi connectivity index (χ3v) is 4.84. The lowest BCUT2D eigenvalue weighted by Crippen LogP contribution is -2.04. The molecule has 3 rings (SSSR count). The summed E-state index contributed by atoms with van der Waals surface area (Å²) in [7, 11) is 0. The first-order valence-electron chi connectivity index (χ1n) is 9.18. The molecule has 0 bridgehead atoms. The van der Waals surface area contributed by atoms with E-state index in [2.05, 4.69) is 24.4 Å². The Morgan fingerprint density at radius 1 is 0.857 bits per heavy atom. The summed E-state index contributed by atoms with van der Waals surface area (Å²) in [6.07, 6.45) is 0.